The fourth-order valence-corrected chi connectivity index (χ4v) is 6.60. The number of hydrogen-bond acceptors (Lipinski definition) is 7. The van der Waals surface area contributed by atoms with E-state index in [1.54, 1.807) is 18.2 Å². The molecule has 1 saturated carbocycles. The Morgan fingerprint density at radius 1 is 1.07 bits per heavy atom. The first-order valence-corrected chi connectivity index (χ1v) is 14.6. The molecular formula is C32H31ClN6O3. The molecule has 2 saturated heterocycles. The Balaban J connectivity index is 1.04. The third-order valence-electron chi connectivity index (χ3n) is 8.98. The summed E-state index contributed by atoms with van der Waals surface area (Å²) in [6.45, 7) is 6.68. The number of nitriles is 1. The maximum atomic E-state index is 11.7. The molecule has 0 unspecified atom stereocenters. The van der Waals surface area contributed by atoms with Gasteiger partial charge in [-0.15, -0.1) is 0 Å². The fraction of sp³-hybridized carbons (Fsp3) is 0.375. The number of nitrogens with zero attached hydrogens (tertiary/aromatic N) is 6. The van der Waals surface area contributed by atoms with Crippen LogP contribution >= 0.6 is 11.6 Å². The van der Waals surface area contributed by atoms with Gasteiger partial charge in [-0.1, -0.05) is 23.7 Å². The molecule has 3 fully saturated rings. The number of hydrogen-bond donors (Lipinski definition) is 1. The van der Waals surface area contributed by atoms with Crippen LogP contribution in [0.25, 0.3) is 11.0 Å². The molecule has 1 aliphatic carbocycles. The molecule has 2 aliphatic heterocycles. The number of imidazole rings is 1. The summed E-state index contributed by atoms with van der Waals surface area (Å²) in [5, 5.41) is 19.7. The van der Waals surface area contributed by atoms with E-state index in [1.165, 1.54) is 0 Å². The highest BCUT2D eigenvalue weighted by molar-refractivity contribution is 6.30. The second-order valence-corrected chi connectivity index (χ2v) is 12.7. The largest absolute Gasteiger partial charge is 0.478 e. The third kappa shape index (κ3) is 4.80. The molecule has 2 aromatic carbocycles. The van der Waals surface area contributed by atoms with Crippen molar-refractivity contribution >= 4 is 40.4 Å². The lowest BCUT2D eigenvalue weighted by Crippen LogP contribution is -2.73. The Labute approximate surface area is 248 Å². The monoisotopic (exact) mass is 582 g/mol. The molecule has 7 rings (SSSR count). The van der Waals surface area contributed by atoms with Crippen LogP contribution in [0.15, 0.2) is 54.6 Å². The molecule has 0 bridgehead atoms. The van der Waals surface area contributed by atoms with E-state index in [4.69, 9.17) is 26.3 Å². The van der Waals surface area contributed by atoms with Crippen molar-refractivity contribution in [1.82, 2.24) is 14.5 Å². The van der Waals surface area contributed by atoms with Crippen LogP contribution in [0, 0.1) is 29.1 Å². The SMILES string of the molecule is Cc1cc(Cl)ccc1COc1cccc(N2CC3(C2)CN(c2nc4ccc(C(=O)O)cc4n2CC2(CC#N)CC2)C3)n1. The third-order valence-corrected chi connectivity index (χ3v) is 9.22. The molecule has 2 aromatic heterocycles. The maximum absolute atomic E-state index is 11.7. The number of aromatic carboxylic acids is 1. The topological polar surface area (TPSA) is 108 Å². The summed E-state index contributed by atoms with van der Waals surface area (Å²) in [4.78, 5) is 26.0. The van der Waals surface area contributed by atoms with E-state index in [-0.39, 0.29) is 16.4 Å². The van der Waals surface area contributed by atoms with Gasteiger partial charge in [0, 0.05) is 61.1 Å². The predicted octanol–water partition coefficient (Wildman–Crippen LogP) is 5.69. The zero-order chi connectivity index (χ0) is 29.1. The van der Waals surface area contributed by atoms with E-state index in [1.807, 2.05) is 43.3 Å². The number of aryl methyl sites for hydroxylation is 1. The summed E-state index contributed by atoms with van der Waals surface area (Å²) in [5.74, 6) is 1.42. The molecule has 3 aliphatic rings. The molecule has 0 radical (unpaired) electrons. The van der Waals surface area contributed by atoms with Gasteiger partial charge in [0.2, 0.25) is 11.8 Å². The van der Waals surface area contributed by atoms with Gasteiger partial charge < -0.3 is 24.2 Å². The van der Waals surface area contributed by atoms with Gasteiger partial charge in [0.15, 0.2) is 0 Å². The minimum absolute atomic E-state index is 0.0445. The van der Waals surface area contributed by atoms with Crippen molar-refractivity contribution < 1.29 is 14.6 Å². The van der Waals surface area contributed by atoms with Crippen LogP contribution in [0.5, 0.6) is 5.88 Å². The van der Waals surface area contributed by atoms with Crippen molar-refractivity contribution in [3.63, 3.8) is 0 Å². The van der Waals surface area contributed by atoms with Gasteiger partial charge in [0.25, 0.3) is 0 Å². The smallest absolute Gasteiger partial charge is 0.335 e. The van der Waals surface area contributed by atoms with Gasteiger partial charge in [0.1, 0.15) is 12.4 Å². The van der Waals surface area contributed by atoms with Crippen LogP contribution < -0.4 is 14.5 Å². The van der Waals surface area contributed by atoms with Gasteiger partial charge in [-0.05, 0) is 67.3 Å². The Hall–Kier alpha value is -4.29. The zero-order valence-corrected chi connectivity index (χ0v) is 24.1. The van der Waals surface area contributed by atoms with E-state index in [0.29, 0.717) is 30.5 Å². The molecule has 0 amide bonds. The van der Waals surface area contributed by atoms with Crippen molar-refractivity contribution in [2.75, 3.05) is 36.0 Å². The quantitative estimate of drug-likeness (QED) is 0.268. The molecule has 42 heavy (non-hydrogen) atoms. The highest BCUT2D eigenvalue weighted by atomic mass is 35.5. The van der Waals surface area contributed by atoms with Gasteiger partial charge in [-0.2, -0.15) is 10.2 Å². The van der Waals surface area contributed by atoms with Crippen LogP contribution in [0.1, 0.15) is 40.7 Å². The summed E-state index contributed by atoms with van der Waals surface area (Å²) >= 11 is 6.08. The van der Waals surface area contributed by atoms with Crippen molar-refractivity contribution in [2.24, 2.45) is 10.8 Å². The number of halogens is 1. The van der Waals surface area contributed by atoms with E-state index in [9.17, 15) is 15.2 Å². The number of carbonyl (C=O) groups is 1. The predicted molar refractivity (Wildman–Crippen MR) is 160 cm³/mol. The molecule has 4 aromatic rings. The van der Waals surface area contributed by atoms with E-state index in [2.05, 4.69) is 20.4 Å². The molecule has 0 atom stereocenters. The van der Waals surface area contributed by atoms with Crippen LogP contribution in [0.4, 0.5) is 11.8 Å². The van der Waals surface area contributed by atoms with Crippen molar-refractivity contribution in [3.05, 3.63) is 76.3 Å². The van der Waals surface area contributed by atoms with Crippen molar-refractivity contribution in [2.45, 2.75) is 39.3 Å². The average Bonchev–Trinajstić information content (AvgIpc) is 3.59. The lowest BCUT2D eigenvalue weighted by molar-refractivity contribution is 0.0697. The standard InChI is InChI=1S/C32H31ClN6O3/c1-21-13-24(33)7-5-23(21)15-42-28-4-2-3-27(36-28)37-16-32(17-37)18-38(19-32)30-35-25-8-6-22(29(40)41)14-26(25)39(30)20-31(9-10-31)11-12-34/h2-8,13-14H,9-11,15-20H2,1H3,(H,40,41). The zero-order valence-electron chi connectivity index (χ0n) is 23.4. The molecule has 1 spiro atoms. The number of aromatic nitrogens is 3. The lowest BCUT2D eigenvalue weighted by atomic mass is 9.73. The lowest BCUT2D eigenvalue weighted by Gasteiger charge is -2.60. The fourth-order valence-electron chi connectivity index (χ4n) is 6.37. The number of rotatable bonds is 9. The number of fused-ring (bicyclic) bond motifs is 1. The minimum Gasteiger partial charge on any atom is -0.478 e. The van der Waals surface area contributed by atoms with Gasteiger partial charge in [-0.25, -0.2) is 9.78 Å². The first-order chi connectivity index (χ1) is 20.3. The number of carboxylic acid groups (broad SMARTS) is 1. The molecular weight excluding hydrogens is 552 g/mol. The second kappa shape index (κ2) is 9.92. The van der Waals surface area contributed by atoms with Gasteiger partial charge >= 0.3 is 5.97 Å². The second-order valence-electron chi connectivity index (χ2n) is 12.2. The normalized spacial score (nSPS) is 17.9. The number of carboxylic acids is 1. The number of pyridine rings is 1. The van der Waals surface area contributed by atoms with Gasteiger partial charge in [-0.3, -0.25) is 0 Å². The van der Waals surface area contributed by atoms with E-state index >= 15 is 0 Å². The van der Waals surface area contributed by atoms with Crippen LogP contribution in [-0.2, 0) is 13.2 Å². The highest BCUT2D eigenvalue weighted by Crippen LogP contribution is 2.52. The summed E-state index contributed by atoms with van der Waals surface area (Å²) in [5.41, 5.74) is 4.14. The summed E-state index contributed by atoms with van der Waals surface area (Å²) in [6, 6.07) is 19.1. The minimum atomic E-state index is -0.954. The molecule has 10 heteroatoms. The number of benzene rings is 2. The van der Waals surface area contributed by atoms with Crippen LogP contribution in [0.3, 0.4) is 0 Å². The summed E-state index contributed by atoms with van der Waals surface area (Å²) < 4.78 is 8.16. The molecule has 9 nitrogen and oxygen atoms in total. The summed E-state index contributed by atoms with van der Waals surface area (Å²) in [6.07, 6.45) is 2.51. The molecule has 4 heterocycles. The summed E-state index contributed by atoms with van der Waals surface area (Å²) in [7, 11) is 0. The Morgan fingerprint density at radius 2 is 1.86 bits per heavy atom. The van der Waals surface area contributed by atoms with Gasteiger partial charge in [0.05, 0.1) is 22.7 Å². The Bertz CT molecular complexity index is 1740. The molecule has 1 N–H and O–H groups in total. The van der Waals surface area contributed by atoms with Crippen LogP contribution in [-0.4, -0.2) is 51.8 Å². The molecule has 214 valence electrons. The first kappa shape index (κ1) is 26.6. The number of anilines is 2. The van der Waals surface area contributed by atoms with E-state index < -0.39 is 5.97 Å². The Kier molecular flexibility index (Phi) is 6.28. The number of ether oxygens (including phenoxy) is 1. The van der Waals surface area contributed by atoms with Crippen molar-refractivity contribution in [1.29, 1.82) is 5.26 Å². The first-order valence-electron chi connectivity index (χ1n) is 14.2. The maximum Gasteiger partial charge on any atom is 0.335 e. The van der Waals surface area contributed by atoms with Crippen LogP contribution in [0.2, 0.25) is 5.02 Å². The van der Waals surface area contributed by atoms with Crippen molar-refractivity contribution in [3.8, 4) is 11.9 Å². The average molecular weight is 583 g/mol. The Morgan fingerprint density at radius 3 is 2.57 bits per heavy atom. The highest BCUT2D eigenvalue weighted by Gasteiger charge is 2.53. The van der Waals surface area contributed by atoms with E-state index in [0.717, 1.165) is 72.9 Å².